The summed E-state index contributed by atoms with van der Waals surface area (Å²) < 4.78 is 2.18. The predicted molar refractivity (Wildman–Crippen MR) is 229 cm³/mol. The average molecular weight is 723 g/mol. The number of imidazole rings is 1. The van der Waals surface area contributed by atoms with Gasteiger partial charge in [0.25, 0.3) is 0 Å². The maximum atomic E-state index is 11.4. The molecule has 0 fully saturated rings. The molecule has 0 amide bonds. The predicted octanol–water partition coefficient (Wildman–Crippen LogP) is 13.5. The fourth-order valence-corrected chi connectivity index (χ4v) is 7.12. The molecule has 0 radical (unpaired) electrons. The van der Waals surface area contributed by atoms with E-state index in [0.29, 0.717) is 17.1 Å². The second kappa shape index (κ2) is 13.7. The molecule has 0 bridgehead atoms. The van der Waals surface area contributed by atoms with E-state index in [1.165, 1.54) is 28.3 Å². The topological polar surface area (TPSA) is 55.3 Å². The lowest BCUT2D eigenvalue weighted by Crippen LogP contribution is -2.17. The first-order valence-corrected chi connectivity index (χ1v) is 19.0. The molecule has 0 unspecified atom stereocenters. The van der Waals surface area contributed by atoms with Gasteiger partial charge in [-0.05, 0) is 105 Å². The van der Waals surface area contributed by atoms with Crippen molar-refractivity contribution in [2.75, 3.05) is 0 Å². The standard InChI is InChI=1S/C50H50N4O/c1-31-14-12-15-32(22-31)33-20-21-52-43(26-33)35-23-34(24-36(25-35)48(2,3)4)41-16-13-17-44-46(41)53-47(42-19-18-39(51-11)30-45(42)55)54(44)40-28-37(49(5,6)7)27-38(29-40)50(8,9)10/h12-30,55H,1-10H3. The Morgan fingerprint density at radius 1 is 0.600 bits per heavy atom. The van der Waals surface area contributed by atoms with Crippen molar-refractivity contribution in [3.8, 4) is 56.3 Å². The number of aryl methyl sites for hydroxylation is 1. The number of aromatic hydroxyl groups is 1. The maximum absolute atomic E-state index is 11.4. The molecule has 0 aliphatic heterocycles. The lowest BCUT2D eigenvalue weighted by Gasteiger charge is -2.27. The molecular formula is C50H50N4O. The maximum Gasteiger partial charge on any atom is 0.190 e. The first kappa shape index (κ1) is 37.3. The Balaban J connectivity index is 1.51. The summed E-state index contributed by atoms with van der Waals surface area (Å²) in [5, 5.41) is 11.4. The highest BCUT2D eigenvalue weighted by Gasteiger charge is 2.26. The first-order valence-electron chi connectivity index (χ1n) is 19.0. The summed E-state index contributed by atoms with van der Waals surface area (Å²) in [6, 6.07) is 37.8. The van der Waals surface area contributed by atoms with E-state index in [4.69, 9.17) is 16.5 Å². The van der Waals surface area contributed by atoms with Gasteiger partial charge in [0.05, 0.1) is 28.9 Å². The number of hydrogen-bond acceptors (Lipinski definition) is 3. The largest absolute Gasteiger partial charge is 0.509 e. The summed E-state index contributed by atoms with van der Waals surface area (Å²) in [7, 11) is 0. The average Bonchev–Trinajstić information content (AvgIpc) is 3.53. The number of nitrogens with zero attached hydrogens (tertiary/aromatic N) is 4. The molecule has 5 aromatic carbocycles. The number of rotatable bonds is 5. The van der Waals surface area contributed by atoms with Crippen LogP contribution in [0.2, 0.25) is 0 Å². The van der Waals surface area contributed by atoms with Crippen molar-refractivity contribution in [3.63, 3.8) is 0 Å². The van der Waals surface area contributed by atoms with E-state index in [-0.39, 0.29) is 22.0 Å². The molecule has 0 saturated carbocycles. The van der Waals surface area contributed by atoms with Gasteiger partial charge in [-0.1, -0.05) is 129 Å². The zero-order valence-electron chi connectivity index (χ0n) is 33.7. The summed E-state index contributed by atoms with van der Waals surface area (Å²) in [6.07, 6.45) is 1.90. The van der Waals surface area contributed by atoms with Crippen molar-refractivity contribution in [2.45, 2.75) is 85.5 Å². The lowest BCUT2D eigenvalue weighted by atomic mass is 9.80. The Bertz CT molecular complexity index is 2600. The number of para-hydroxylation sites is 1. The van der Waals surface area contributed by atoms with E-state index in [0.717, 1.165) is 50.2 Å². The second-order valence-corrected chi connectivity index (χ2v) is 17.9. The number of benzene rings is 5. The van der Waals surface area contributed by atoms with Crippen LogP contribution < -0.4 is 0 Å². The van der Waals surface area contributed by atoms with E-state index < -0.39 is 0 Å². The van der Waals surface area contributed by atoms with Crippen LogP contribution in [0.4, 0.5) is 5.69 Å². The van der Waals surface area contributed by atoms with E-state index >= 15 is 0 Å². The number of hydrogen-bond donors (Lipinski definition) is 1. The van der Waals surface area contributed by atoms with Crippen LogP contribution in [0.5, 0.6) is 5.75 Å². The van der Waals surface area contributed by atoms with Gasteiger partial charge in [0.15, 0.2) is 5.69 Å². The zero-order valence-corrected chi connectivity index (χ0v) is 33.7. The minimum Gasteiger partial charge on any atom is -0.509 e. The Kier molecular flexibility index (Phi) is 9.30. The Hall–Kier alpha value is -5.99. The minimum absolute atomic E-state index is 0.0196. The van der Waals surface area contributed by atoms with Gasteiger partial charge in [-0.3, -0.25) is 9.55 Å². The molecule has 0 atom stereocenters. The molecule has 55 heavy (non-hydrogen) atoms. The van der Waals surface area contributed by atoms with Crippen LogP contribution in [-0.2, 0) is 16.2 Å². The van der Waals surface area contributed by atoms with Gasteiger partial charge in [-0.2, -0.15) is 0 Å². The zero-order chi connectivity index (χ0) is 39.4. The number of pyridine rings is 1. The molecule has 1 N–H and O–H groups in total. The Morgan fingerprint density at radius 2 is 1.24 bits per heavy atom. The van der Waals surface area contributed by atoms with Crippen LogP contribution in [-0.4, -0.2) is 19.6 Å². The summed E-state index contributed by atoms with van der Waals surface area (Å²) in [6.45, 7) is 29.8. The first-order chi connectivity index (χ1) is 25.9. The summed E-state index contributed by atoms with van der Waals surface area (Å²) in [5.74, 6) is 0.633. The van der Waals surface area contributed by atoms with E-state index in [1.54, 1.807) is 6.07 Å². The van der Waals surface area contributed by atoms with E-state index in [2.05, 4.69) is 170 Å². The van der Waals surface area contributed by atoms with Crippen LogP contribution in [0.25, 0.3) is 66.5 Å². The van der Waals surface area contributed by atoms with Crippen molar-refractivity contribution in [2.24, 2.45) is 0 Å². The molecule has 0 spiro atoms. The molecule has 5 nitrogen and oxygen atoms in total. The molecule has 276 valence electrons. The van der Waals surface area contributed by atoms with Crippen LogP contribution >= 0.6 is 0 Å². The molecule has 2 aromatic heterocycles. The smallest absolute Gasteiger partial charge is 0.190 e. The molecule has 2 heterocycles. The summed E-state index contributed by atoms with van der Waals surface area (Å²) in [4.78, 5) is 13.9. The third-order valence-electron chi connectivity index (χ3n) is 10.5. The fourth-order valence-electron chi connectivity index (χ4n) is 7.12. The molecule has 0 saturated heterocycles. The van der Waals surface area contributed by atoms with Crippen LogP contribution in [0.1, 0.15) is 84.6 Å². The molecule has 7 aromatic rings. The molecule has 5 heteroatoms. The molecule has 0 aliphatic carbocycles. The Labute approximate surface area is 326 Å². The fraction of sp³-hybridized carbons (Fsp3) is 0.260. The Morgan fingerprint density at radius 3 is 1.87 bits per heavy atom. The van der Waals surface area contributed by atoms with Gasteiger partial charge in [-0.25, -0.2) is 9.83 Å². The molecule has 0 aliphatic rings. The van der Waals surface area contributed by atoms with Crippen molar-refractivity contribution < 1.29 is 5.11 Å². The van der Waals surface area contributed by atoms with Gasteiger partial charge in [0, 0.05) is 23.0 Å². The number of phenolic OH excluding ortho intramolecular Hbond substituents is 1. The third kappa shape index (κ3) is 7.42. The van der Waals surface area contributed by atoms with Crippen molar-refractivity contribution in [1.82, 2.24) is 14.5 Å². The normalized spacial score (nSPS) is 12.2. The van der Waals surface area contributed by atoms with Gasteiger partial charge in [-0.15, -0.1) is 0 Å². The van der Waals surface area contributed by atoms with Crippen molar-refractivity contribution >= 4 is 16.7 Å². The van der Waals surface area contributed by atoms with Gasteiger partial charge < -0.3 is 5.11 Å². The number of fused-ring (bicyclic) bond motifs is 1. The van der Waals surface area contributed by atoms with Crippen LogP contribution in [0, 0.1) is 13.5 Å². The van der Waals surface area contributed by atoms with Crippen LogP contribution in [0.15, 0.2) is 115 Å². The number of phenols is 1. The quantitative estimate of drug-likeness (QED) is 0.180. The highest BCUT2D eigenvalue weighted by atomic mass is 16.3. The van der Waals surface area contributed by atoms with E-state index in [1.807, 2.05) is 12.3 Å². The van der Waals surface area contributed by atoms with E-state index in [9.17, 15) is 5.11 Å². The number of aromatic nitrogens is 3. The lowest BCUT2D eigenvalue weighted by molar-refractivity contribution is 0.477. The SMILES string of the molecule is [C-]#[N+]c1ccc(-c2nc3c(-c4cc(-c5cc(-c6cccc(C)c6)ccn5)cc(C(C)(C)C)c4)cccc3n2-c2cc(C(C)(C)C)cc(C(C)(C)C)c2)c(O)c1. The highest BCUT2D eigenvalue weighted by molar-refractivity contribution is 5.97. The van der Waals surface area contributed by atoms with Gasteiger partial charge in [0.1, 0.15) is 11.6 Å². The van der Waals surface area contributed by atoms with Gasteiger partial charge in [0.2, 0.25) is 0 Å². The summed E-state index contributed by atoms with van der Waals surface area (Å²) in [5.41, 5.74) is 14.4. The monoisotopic (exact) mass is 722 g/mol. The van der Waals surface area contributed by atoms with Gasteiger partial charge >= 0.3 is 0 Å². The molecular weight excluding hydrogens is 673 g/mol. The second-order valence-electron chi connectivity index (χ2n) is 17.9. The highest BCUT2D eigenvalue weighted by Crippen LogP contribution is 2.42. The molecule has 7 rings (SSSR count). The van der Waals surface area contributed by atoms with Crippen LogP contribution in [0.3, 0.4) is 0 Å². The third-order valence-corrected chi connectivity index (χ3v) is 10.5. The van der Waals surface area contributed by atoms with Crippen molar-refractivity contribution in [1.29, 1.82) is 0 Å². The summed E-state index contributed by atoms with van der Waals surface area (Å²) >= 11 is 0. The van der Waals surface area contributed by atoms with Crippen molar-refractivity contribution in [3.05, 3.63) is 149 Å². The minimum atomic E-state index is -0.134.